The SMILES string of the molecule is c1ccc(-n2c3ccccc3c3cc(N(c4ccc5c(c4)[N+](c4ccccc4)(c4ccccc4)c4ccccc4-5)c4cccc5c4Oc4ccccc4O5)ccc32)cc1. The Kier molecular flexibility index (Phi) is 7.39. The number of para-hydroxylation sites is 8. The number of hydrogen-bond acceptors (Lipinski definition) is 3. The summed E-state index contributed by atoms with van der Waals surface area (Å²) in [5, 5.41) is 2.34. The lowest BCUT2D eigenvalue weighted by Crippen LogP contribution is -2.31. The molecule has 3 heterocycles. The molecule has 278 valence electrons. The first-order valence-electron chi connectivity index (χ1n) is 20.0. The number of rotatable bonds is 6. The molecule has 0 saturated carbocycles. The summed E-state index contributed by atoms with van der Waals surface area (Å²) in [5.74, 6) is 2.71. The van der Waals surface area contributed by atoms with Gasteiger partial charge in [0, 0.05) is 58.5 Å². The van der Waals surface area contributed by atoms with E-state index in [-0.39, 0.29) is 0 Å². The first-order chi connectivity index (χ1) is 29.3. The molecule has 2 aliphatic rings. The van der Waals surface area contributed by atoms with Crippen LogP contribution in [0.3, 0.4) is 0 Å². The Balaban J connectivity index is 1.14. The average molecular weight is 759 g/mol. The Bertz CT molecular complexity index is 3190. The highest BCUT2D eigenvalue weighted by molar-refractivity contribution is 6.11. The lowest BCUT2D eigenvalue weighted by molar-refractivity contribution is 0.360. The molecule has 9 aromatic carbocycles. The van der Waals surface area contributed by atoms with Gasteiger partial charge in [-0.05, 0) is 78.9 Å². The fourth-order valence-corrected chi connectivity index (χ4v) is 9.39. The van der Waals surface area contributed by atoms with Crippen LogP contribution in [0.4, 0.5) is 39.8 Å². The Morgan fingerprint density at radius 2 is 0.966 bits per heavy atom. The molecule has 0 aliphatic carbocycles. The minimum Gasteiger partial charge on any atom is -0.449 e. The van der Waals surface area contributed by atoms with Gasteiger partial charge in [-0.25, -0.2) is 0 Å². The second-order valence-corrected chi connectivity index (χ2v) is 15.0. The minimum absolute atomic E-state index is 0.443. The summed E-state index contributed by atoms with van der Waals surface area (Å²) in [7, 11) is 0. The van der Waals surface area contributed by atoms with Gasteiger partial charge in [-0.1, -0.05) is 103 Å². The van der Waals surface area contributed by atoms with E-state index >= 15 is 0 Å². The van der Waals surface area contributed by atoms with Crippen LogP contribution >= 0.6 is 0 Å². The van der Waals surface area contributed by atoms with Crippen LogP contribution < -0.4 is 18.9 Å². The average Bonchev–Trinajstić information content (AvgIpc) is 3.80. The second-order valence-electron chi connectivity index (χ2n) is 15.0. The predicted molar refractivity (Wildman–Crippen MR) is 241 cm³/mol. The van der Waals surface area contributed by atoms with E-state index in [4.69, 9.17) is 9.47 Å². The van der Waals surface area contributed by atoms with Crippen LogP contribution in [-0.2, 0) is 0 Å². The van der Waals surface area contributed by atoms with Crippen LogP contribution in [0, 0.1) is 0 Å². The number of hydrogen-bond donors (Lipinski definition) is 0. The van der Waals surface area contributed by atoms with Gasteiger partial charge in [0.25, 0.3) is 0 Å². The largest absolute Gasteiger partial charge is 0.449 e. The molecule has 0 amide bonds. The molecule has 0 bridgehead atoms. The van der Waals surface area contributed by atoms with Gasteiger partial charge in [0.1, 0.15) is 11.4 Å². The Morgan fingerprint density at radius 1 is 0.390 bits per heavy atom. The summed E-state index contributed by atoms with van der Waals surface area (Å²) in [5.41, 5.74) is 13.4. The third kappa shape index (κ3) is 4.95. The maximum Gasteiger partial charge on any atom is 0.194 e. The van der Waals surface area contributed by atoms with Crippen LogP contribution in [0.2, 0.25) is 0 Å². The zero-order chi connectivity index (χ0) is 38.9. The van der Waals surface area contributed by atoms with Crippen LogP contribution in [0.1, 0.15) is 0 Å². The molecule has 0 radical (unpaired) electrons. The van der Waals surface area contributed by atoms with E-state index in [1.54, 1.807) is 0 Å². The van der Waals surface area contributed by atoms with Crippen molar-refractivity contribution in [1.29, 1.82) is 0 Å². The number of nitrogens with zero attached hydrogens (tertiary/aromatic N) is 3. The number of aromatic nitrogens is 1. The zero-order valence-corrected chi connectivity index (χ0v) is 31.9. The van der Waals surface area contributed by atoms with Gasteiger partial charge < -0.3 is 18.9 Å². The smallest absolute Gasteiger partial charge is 0.194 e. The summed E-state index contributed by atoms with van der Waals surface area (Å²) >= 11 is 0. The van der Waals surface area contributed by atoms with E-state index in [0.29, 0.717) is 27.5 Å². The highest BCUT2D eigenvalue weighted by Gasteiger charge is 2.48. The number of benzene rings is 9. The summed E-state index contributed by atoms with van der Waals surface area (Å²) < 4.78 is 16.1. The molecule has 5 nitrogen and oxygen atoms in total. The molecular formula is C54H36N3O2+. The predicted octanol–water partition coefficient (Wildman–Crippen LogP) is 15.4. The van der Waals surface area contributed by atoms with Crippen molar-refractivity contribution in [3.8, 4) is 39.8 Å². The zero-order valence-electron chi connectivity index (χ0n) is 31.9. The molecule has 10 aromatic rings. The van der Waals surface area contributed by atoms with Crippen molar-refractivity contribution >= 4 is 61.6 Å². The van der Waals surface area contributed by atoms with Crippen molar-refractivity contribution in [2.75, 3.05) is 4.90 Å². The van der Waals surface area contributed by atoms with Gasteiger partial charge in [-0.2, -0.15) is 4.48 Å². The van der Waals surface area contributed by atoms with Crippen molar-refractivity contribution in [1.82, 2.24) is 9.05 Å². The van der Waals surface area contributed by atoms with E-state index in [1.807, 2.05) is 30.3 Å². The molecule has 0 fully saturated rings. The van der Waals surface area contributed by atoms with E-state index in [1.165, 1.54) is 27.9 Å². The Morgan fingerprint density at radius 3 is 1.75 bits per heavy atom. The molecular weight excluding hydrogens is 723 g/mol. The third-order valence-electron chi connectivity index (χ3n) is 11.9. The molecule has 59 heavy (non-hydrogen) atoms. The van der Waals surface area contributed by atoms with Crippen LogP contribution in [0.15, 0.2) is 218 Å². The lowest BCUT2D eigenvalue weighted by Gasteiger charge is -2.35. The summed E-state index contributed by atoms with van der Waals surface area (Å²) in [6, 6.07) is 77.6. The van der Waals surface area contributed by atoms with Crippen molar-refractivity contribution in [2.45, 2.75) is 0 Å². The Hall–Kier alpha value is -7.86. The summed E-state index contributed by atoms with van der Waals surface area (Å²) in [6.07, 6.45) is 0. The molecule has 0 atom stereocenters. The van der Waals surface area contributed by atoms with E-state index in [0.717, 1.165) is 50.5 Å². The van der Waals surface area contributed by atoms with Crippen molar-refractivity contribution in [3.63, 3.8) is 0 Å². The summed E-state index contributed by atoms with van der Waals surface area (Å²) in [4.78, 5) is 2.33. The van der Waals surface area contributed by atoms with Crippen LogP contribution in [-0.4, -0.2) is 4.57 Å². The summed E-state index contributed by atoms with van der Waals surface area (Å²) in [6.45, 7) is 0. The topological polar surface area (TPSA) is 26.6 Å². The molecule has 5 heteroatoms. The first-order valence-corrected chi connectivity index (χ1v) is 20.0. The number of anilines is 3. The number of quaternary nitrogens is 1. The van der Waals surface area contributed by atoms with Gasteiger partial charge in [0.2, 0.25) is 0 Å². The molecule has 1 aromatic heterocycles. The molecule has 0 unspecified atom stereocenters. The van der Waals surface area contributed by atoms with E-state index < -0.39 is 0 Å². The van der Waals surface area contributed by atoms with E-state index in [2.05, 4.69) is 198 Å². The lowest BCUT2D eigenvalue weighted by atomic mass is 10.0. The van der Waals surface area contributed by atoms with Gasteiger partial charge in [-0.3, -0.25) is 0 Å². The van der Waals surface area contributed by atoms with Crippen molar-refractivity contribution in [3.05, 3.63) is 218 Å². The van der Waals surface area contributed by atoms with Gasteiger partial charge in [-0.15, -0.1) is 0 Å². The molecule has 12 rings (SSSR count). The fourth-order valence-electron chi connectivity index (χ4n) is 9.39. The first kappa shape index (κ1) is 33.3. The van der Waals surface area contributed by atoms with Crippen LogP contribution in [0.5, 0.6) is 23.0 Å². The van der Waals surface area contributed by atoms with E-state index in [9.17, 15) is 0 Å². The quantitative estimate of drug-likeness (QED) is 0.158. The van der Waals surface area contributed by atoms with Crippen molar-refractivity contribution in [2.24, 2.45) is 0 Å². The third-order valence-corrected chi connectivity index (χ3v) is 11.9. The maximum atomic E-state index is 6.80. The molecule has 0 saturated heterocycles. The van der Waals surface area contributed by atoms with Crippen LogP contribution in [0.25, 0.3) is 38.6 Å². The molecule has 0 N–H and O–H groups in total. The van der Waals surface area contributed by atoms with Gasteiger partial charge >= 0.3 is 0 Å². The second kappa shape index (κ2) is 13.1. The normalized spacial score (nSPS) is 13.2. The van der Waals surface area contributed by atoms with Crippen molar-refractivity contribution < 1.29 is 9.47 Å². The minimum atomic E-state index is 0.443. The maximum absolute atomic E-state index is 6.80. The number of ether oxygens (including phenoxy) is 2. The van der Waals surface area contributed by atoms with Gasteiger partial charge in [0.15, 0.2) is 34.4 Å². The molecule has 0 spiro atoms. The Labute approximate surface area is 342 Å². The fraction of sp³-hybridized carbons (Fsp3) is 0. The highest BCUT2D eigenvalue weighted by atomic mass is 16.6. The highest BCUT2D eigenvalue weighted by Crippen LogP contribution is 2.63. The molecule has 2 aliphatic heterocycles. The van der Waals surface area contributed by atoms with Gasteiger partial charge in [0.05, 0.1) is 33.5 Å². The standard InChI is InChI=1S/C54H36N3O2/c1-4-17-37(18-5-1)56-46-25-12-10-23-42(46)45-35-38(32-34-47(45)56)55(48-26-16-30-53-54(48)59-52-29-15-14-28-51(52)58-53)39-31-33-44-43-24-11-13-27-49(43)57(50(44)36-39,40-19-6-2-7-20-40)41-21-8-3-9-22-41/h1-36H/q+1. The number of fused-ring (bicyclic) bond motifs is 8. The monoisotopic (exact) mass is 758 g/mol.